The number of carbonyl (C=O) groups is 2. The van der Waals surface area contributed by atoms with Crippen LogP contribution >= 0.6 is 0 Å². The van der Waals surface area contributed by atoms with Crippen LogP contribution in [-0.2, 0) is 9.47 Å². The standard InChI is InChI=1S/C28H32N4O4/c1-3-25(31-9-13-35-14-10-31)29-19-5-7-21-23(17-19)27(33)22-8-6-20(18-24(22)28(21)34)30-26(4-2)32-11-15-36-16-12-32/h5-8,17-18H,3-4,9-16H2,1-2H3. The van der Waals surface area contributed by atoms with E-state index in [-0.39, 0.29) is 11.6 Å². The maximum absolute atomic E-state index is 13.4. The number of nitrogens with zero attached hydrogens (tertiary/aromatic N) is 4. The Labute approximate surface area is 211 Å². The number of amidine groups is 2. The zero-order chi connectivity index (χ0) is 25.1. The number of hydrogen-bond acceptors (Lipinski definition) is 6. The molecule has 0 saturated carbocycles. The molecule has 2 saturated heterocycles. The Kier molecular flexibility index (Phi) is 7.25. The minimum Gasteiger partial charge on any atom is -0.378 e. The number of fused-ring (bicyclic) bond motifs is 2. The molecule has 0 amide bonds. The summed E-state index contributed by atoms with van der Waals surface area (Å²) >= 11 is 0. The molecule has 188 valence electrons. The van der Waals surface area contributed by atoms with Crippen molar-refractivity contribution in [1.29, 1.82) is 0 Å². The third-order valence-corrected chi connectivity index (χ3v) is 6.89. The highest BCUT2D eigenvalue weighted by Gasteiger charge is 2.30. The van der Waals surface area contributed by atoms with Crippen molar-refractivity contribution in [1.82, 2.24) is 9.80 Å². The minimum absolute atomic E-state index is 0.152. The fraction of sp³-hybridized carbons (Fsp3) is 0.429. The summed E-state index contributed by atoms with van der Waals surface area (Å²) in [6.45, 7) is 10.1. The first-order valence-corrected chi connectivity index (χ1v) is 12.8. The van der Waals surface area contributed by atoms with Crippen molar-refractivity contribution in [3.63, 3.8) is 0 Å². The van der Waals surface area contributed by atoms with E-state index in [1.54, 1.807) is 24.3 Å². The predicted octanol–water partition coefficient (Wildman–Crippen LogP) is 4.01. The van der Waals surface area contributed by atoms with E-state index in [0.717, 1.165) is 50.7 Å². The molecule has 8 heteroatoms. The highest BCUT2D eigenvalue weighted by molar-refractivity contribution is 6.28. The van der Waals surface area contributed by atoms with E-state index in [2.05, 4.69) is 23.6 Å². The van der Waals surface area contributed by atoms with Gasteiger partial charge >= 0.3 is 0 Å². The van der Waals surface area contributed by atoms with Crippen LogP contribution < -0.4 is 0 Å². The number of carbonyl (C=O) groups excluding carboxylic acids is 2. The largest absolute Gasteiger partial charge is 0.378 e. The molecule has 3 aliphatic rings. The molecule has 0 radical (unpaired) electrons. The van der Waals surface area contributed by atoms with Crippen LogP contribution in [0, 0.1) is 0 Å². The molecule has 2 fully saturated rings. The van der Waals surface area contributed by atoms with Gasteiger partial charge in [0.15, 0.2) is 11.6 Å². The fourth-order valence-corrected chi connectivity index (χ4v) is 4.95. The Morgan fingerprint density at radius 1 is 0.667 bits per heavy atom. The maximum atomic E-state index is 13.4. The van der Waals surface area contributed by atoms with E-state index < -0.39 is 0 Å². The smallest absolute Gasteiger partial charge is 0.194 e. The van der Waals surface area contributed by atoms with Crippen LogP contribution in [0.4, 0.5) is 11.4 Å². The Bertz CT molecular complexity index is 1130. The average molecular weight is 489 g/mol. The number of hydrogen-bond donors (Lipinski definition) is 0. The van der Waals surface area contributed by atoms with Gasteiger partial charge in [0.2, 0.25) is 0 Å². The quantitative estimate of drug-likeness (QED) is 0.408. The summed E-state index contributed by atoms with van der Waals surface area (Å²) in [4.78, 5) is 40.9. The Balaban J connectivity index is 1.44. The number of morpholine rings is 2. The number of aliphatic imine (C=N–C) groups is 2. The summed E-state index contributed by atoms with van der Waals surface area (Å²) in [5.41, 5.74) is 3.01. The van der Waals surface area contributed by atoms with E-state index in [0.29, 0.717) is 60.1 Å². The minimum atomic E-state index is -0.152. The molecule has 1 aliphatic carbocycles. The van der Waals surface area contributed by atoms with Gasteiger partial charge in [-0.15, -0.1) is 0 Å². The van der Waals surface area contributed by atoms with Gasteiger partial charge in [-0.1, -0.05) is 13.8 Å². The van der Waals surface area contributed by atoms with E-state index >= 15 is 0 Å². The molecule has 36 heavy (non-hydrogen) atoms. The molecule has 0 atom stereocenters. The van der Waals surface area contributed by atoms with Crippen molar-refractivity contribution < 1.29 is 19.1 Å². The molecule has 2 aliphatic heterocycles. The first-order valence-electron chi connectivity index (χ1n) is 12.8. The molecule has 0 bridgehead atoms. The van der Waals surface area contributed by atoms with E-state index in [1.807, 2.05) is 12.1 Å². The van der Waals surface area contributed by atoms with Crippen LogP contribution in [0.2, 0.25) is 0 Å². The molecular formula is C28H32N4O4. The third-order valence-electron chi connectivity index (χ3n) is 6.89. The van der Waals surface area contributed by atoms with E-state index in [9.17, 15) is 9.59 Å². The summed E-state index contributed by atoms with van der Waals surface area (Å²) in [5, 5.41) is 0. The maximum Gasteiger partial charge on any atom is 0.194 e. The molecule has 0 N–H and O–H groups in total. The van der Waals surface area contributed by atoms with Gasteiger partial charge < -0.3 is 19.3 Å². The van der Waals surface area contributed by atoms with Crippen molar-refractivity contribution in [3.05, 3.63) is 58.7 Å². The van der Waals surface area contributed by atoms with Crippen molar-refractivity contribution in [3.8, 4) is 0 Å². The van der Waals surface area contributed by atoms with Crippen molar-refractivity contribution in [2.24, 2.45) is 9.98 Å². The van der Waals surface area contributed by atoms with Crippen LogP contribution in [0.25, 0.3) is 0 Å². The number of ketones is 2. The second kappa shape index (κ2) is 10.7. The van der Waals surface area contributed by atoms with Crippen molar-refractivity contribution in [2.75, 3.05) is 52.6 Å². The molecule has 2 aromatic carbocycles. The topological polar surface area (TPSA) is 83.8 Å². The van der Waals surface area contributed by atoms with Crippen molar-refractivity contribution >= 4 is 34.6 Å². The lowest BCUT2D eigenvalue weighted by atomic mass is 9.83. The van der Waals surface area contributed by atoms with Crippen LogP contribution in [0.5, 0.6) is 0 Å². The van der Waals surface area contributed by atoms with Gasteiger partial charge in [0, 0.05) is 61.3 Å². The lowest BCUT2D eigenvalue weighted by Crippen LogP contribution is -2.40. The summed E-state index contributed by atoms with van der Waals surface area (Å²) in [7, 11) is 0. The number of ether oxygens (including phenoxy) is 2. The van der Waals surface area contributed by atoms with Gasteiger partial charge in [0.05, 0.1) is 37.8 Å². The lowest BCUT2D eigenvalue weighted by Gasteiger charge is -2.29. The van der Waals surface area contributed by atoms with Gasteiger partial charge in [-0.3, -0.25) is 9.59 Å². The third kappa shape index (κ3) is 4.83. The summed E-state index contributed by atoms with van der Waals surface area (Å²) in [5.74, 6) is 1.62. The predicted molar refractivity (Wildman–Crippen MR) is 139 cm³/mol. The lowest BCUT2D eigenvalue weighted by molar-refractivity contribution is 0.0673. The first kappa shape index (κ1) is 24.3. The normalized spacial score (nSPS) is 18.8. The van der Waals surface area contributed by atoms with Crippen LogP contribution in [-0.4, -0.2) is 85.6 Å². The number of benzene rings is 2. The molecule has 0 unspecified atom stereocenters. The van der Waals surface area contributed by atoms with E-state index in [1.165, 1.54) is 0 Å². The van der Waals surface area contributed by atoms with Gasteiger partial charge in [-0.2, -0.15) is 0 Å². The zero-order valence-corrected chi connectivity index (χ0v) is 21.0. The molecule has 0 aromatic heterocycles. The molecular weight excluding hydrogens is 456 g/mol. The second-order valence-electron chi connectivity index (χ2n) is 9.08. The van der Waals surface area contributed by atoms with Crippen LogP contribution in [0.15, 0.2) is 46.4 Å². The summed E-state index contributed by atoms with van der Waals surface area (Å²) in [6.07, 6.45) is 1.56. The Hall–Kier alpha value is -3.36. The highest BCUT2D eigenvalue weighted by atomic mass is 16.5. The molecule has 8 nitrogen and oxygen atoms in total. The zero-order valence-electron chi connectivity index (χ0n) is 21.0. The summed E-state index contributed by atoms with van der Waals surface area (Å²) in [6, 6.07) is 10.6. The summed E-state index contributed by atoms with van der Waals surface area (Å²) < 4.78 is 10.9. The van der Waals surface area contributed by atoms with Gasteiger partial charge in [-0.25, -0.2) is 9.98 Å². The monoisotopic (exact) mass is 488 g/mol. The van der Waals surface area contributed by atoms with E-state index in [4.69, 9.17) is 19.5 Å². The Morgan fingerprint density at radius 3 is 1.42 bits per heavy atom. The SMILES string of the molecule is CCC(=Nc1ccc2c(c1)C(=O)c1ccc(N=C(CC)N3CCOCC3)cc1C2=O)N1CCOCC1. The number of rotatable bonds is 4. The molecule has 0 spiro atoms. The molecule has 5 rings (SSSR count). The highest BCUT2D eigenvalue weighted by Crippen LogP contribution is 2.32. The van der Waals surface area contributed by atoms with Gasteiger partial charge in [0.25, 0.3) is 0 Å². The average Bonchev–Trinajstić information content (AvgIpc) is 2.94. The molecule has 2 heterocycles. The first-order chi connectivity index (χ1) is 17.6. The van der Waals surface area contributed by atoms with Crippen LogP contribution in [0.1, 0.15) is 58.5 Å². The Morgan fingerprint density at radius 2 is 1.06 bits per heavy atom. The van der Waals surface area contributed by atoms with Crippen molar-refractivity contribution in [2.45, 2.75) is 26.7 Å². The van der Waals surface area contributed by atoms with Crippen LogP contribution in [0.3, 0.4) is 0 Å². The second-order valence-corrected chi connectivity index (χ2v) is 9.08. The fourth-order valence-electron chi connectivity index (χ4n) is 4.95. The van der Waals surface area contributed by atoms with Gasteiger partial charge in [-0.05, 0) is 36.4 Å². The molecule has 2 aromatic rings. The van der Waals surface area contributed by atoms with Gasteiger partial charge in [0.1, 0.15) is 11.7 Å².